The summed E-state index contributed by atoms with van der Waals surface area (Å²) in [5.74, 6) is 1.35. The van der Waals surface area contributed by atoms with Crippen LogP contribution in [0.15, 0.2) is 89.9 Å². The first-order chi connectivity index (χ1) is 18.4. The van der Waals surface area contributed by atoms with Gasteiger partial charge in [-0.3, -0.25) is 4.79 Å². The van der Waals surface area contributed by atoms with Crippen molar-refractivity contribution in [1.29, 1.82) is 0 Å². The molecule has 38 heavy (non-hydrogen) atoms. The predicted molar refractivity (Wildman–Crippen MR) is 151 cm³/mol. The molecule has 0 fully saturated rings. The van der Waals surface area contributed by atoms with Crippen LogP contribution in [0.3, 0.4) is 0 Å². The number of aromatic nitrogens is 5. The number of fused-ring (bicyclic) bond motifs is 1. The summed E-state index contributed by atoms with van der Waals surface area (Å²) in [6.45, 7) is 6.02. The Balaban J connectivity index is 1.45. The fourth-order valence-corrected chi connectivity index (χ4v) is 5.17. The van der Waals surface area contributed by atoms with Gasteiger partial charge in [-0.1, -0.05) is 53.3 Å². The highest BCUT2D eigenvalue weighted by Crippen LogP contribution is 2.27. The molecule has 0 aliphatic carbocycles. The maximum Gasteiger partial charge on any atom is 0.291 e. The molecule has 0 atom stereocenters. The second-order valence-electron chi connectivity index (χ2n) is 9.32. The van der Waals surface area contributed by atoms with Crippen molar-refractivity contribution in [3.05, 3.63) is 111 Å². The van der Waals surface area contributed by atoms with Crippen LogP contribution < -0.4 is 14.8 Å². The predicted octanol–water partition coefficient (Wildman–Crippen LogP) is 5.31. The summed E-state index contributed by atoms with van der Waals surface area (Å²) in [6, 6.07) is 25.7. The Bertz CT molecular complexity index is 1850. The van der Waals surface area contributed by atoms with E-state index in [2.05, 4.69) is 10.1 Å². The van der Waals surface area contributed by atoms with Gasteiger partial charge < -0.3 is 4.74 Å². The maximum atomic E-state index is 13.3. The van der Waals surface area contributed by atoms with Gasteiger partial charge >= 0.3 is 0 Å². The van der Waals surface area contributed by atoms with Crippen molar-refractivity contribution in [3.8, 4) is 34.1 Å². The first kappa shape index (κ1) is 23.8. The largest absolute Gasteiger partial charge is 0.491 e. The zero-order valence-electron chi connectivity index (χ0n) is 21.2. The van der Waals surface area contributed by atoms with Crippen molar-refractivity contribution < 1.29 is 4.74 Å². The van der Waals surface area contributed by atoms with Crippen LogP contribution in [0.5, 0.6) is 5.75 Å². The standard InChI is InChI=1S/C30H25N5O2S/c1-19(2)37-25-14-12-21(13-15-25)27-23(18-34(32-27)24-10-5-4-6-11-24)17-26-29(36)35-30(38-26)31-28(33-35)22-9-7-8-20(3)16-22/h4-19H,1-3H3/b26-17-. The Morgan fingerprint density at radius 3 is 2.42 bits per heavy atom. The summed E-state index contributed by atoms with van der Waals surface area (Å²) < 4.78 is 9.56. The van der Waals surface area contributed by atoms with E-state index < -0.39 is 0 Å². The summed E-state index contributed by atoms with van der Waals surface area (Å²) in [6.07, 6.45) is 3.91. The Labute approximate surface area is 223 Å². The van der Waals surface area contributed by atoms with Gasteiger partial charge in [-0.15, -0.1) is 5.10 Å². The third-order valence-corrected chi connectivity index (χ3v) is 6.97. The number of nitrogens with zero attached hydrogens (tertiary/aromatic N) is 5. The molecule has 0 saturated heterocycles. The van der Waals surface area contributed by atoms with Crippen molar-refractivity contribution in [1.82, 2.24) is 24.4 Å². The Kier molecular flexibility index (Phi) is 6.09. The fourth-order valence-electron chi connectivity index (χ4n) is 4.28. The van der Waals surface area contributed by atoms with Crippen LogP contribution in [0.4, 0.5) is 0 Å². The smallest absolute Gasteiger partial charge is 0.291 e. The molecule has 0 aliphatic rings. The van der Waals surface area contributed by atoms with Crippen LogP contribution >= 0.6 is 11.3 Å². The molecular formula is C30H25N5O2S. The van der Waals surface area contributed by atoms with Crippen LogP contribution in [0.2, 0.25) is 0 Å². The van der Waals surface area contributed by atoms with Gasteiger partial charge in [0, 0.05) is 22.9 Å². The summed E-state index contributed by atoms with van der Waals surface area (Å²) in [4.78, 5) is 18.5. The maximum absolute atomic E-state index is 13.3. The van der Waals surface area contributed by atoms with E-state index in [9.17, 15) is 4.79 Å². The van der Waals surface area contributed by atoms with Crippen molar-refractivity contribution in [2.24, 2.45) is 0 Å². The van der Waals surface area contributed by atoms with Crippen LogP contribution in [0.1, 0.15) is 25.0 Å². The molecule has 0 spiro atoms. The zero-order valence-corrected chi connectivity index (χ0v) is 22.0. The van der Waals surface area contributed by atoms with Gasteiger partial charge in [-0.2, -0.15) is 14.6 Å². The number of aryl methyl sites for hydroxylation is 1. The molecule has 0 unspecified atom stereocenters. The molecule has 3 aromatic carbocycles. The van der Waals surface area contributed by atoms with Crippen molar-refractivity contribution in [2.75, 3.05) is 0 Å². The van der Waals surface area contributed by atoms with E-state index >= 15 is 0 Å². The fraction of sp³-hybridized carbons (Fsp3) is 0.133. The SMILES string of the molecule is Cc1cccc(-c2nc3s/c(=C\c4cn(-c5ccccc5)nc4-c4ccc(OC(C)C)cc4)c(=O)n3n2)c1. The van der Waals surface area contributed by atoms with Crippen LogP contribution in [0, 0.1) is 6.92 Å². The van der Waals surface area contributed by atoms with Crippen LogP contribution in [-0.4, -0.2) is 30.5 Å². The Morgan fingerprint density at radius 2 is 1.71 bits per heavy atom. The second kappa shape index (κ2) is 9.72. The highest BCUT2D eigenvalue weighted by Gasteiger charge is 2.15. The molecular weight excluding hydrogens is 494 g/mol. The second-order valence-corrected chi connectivity index (χ2v) is 10.3. The molecule has 6 rings (SSSR count). The van der Waals surface area contributed by atoms with Gasteiger partial charge in [0.25, 0.3) is 5.56 Å². The first-order valence-corrected chi connectivity index (χ1v) is 13.2. The van der Waals surface area contributed by atoms with Gasteiger partial charge in [0.2, 0.25) is 4.96 Å². The minimum absolute atomic E-state index is 0.0929. The van der Waals surface area contributed by atoms with E-state index in [1.807, 2.05) is 117 Å². The molecule has 3 aromatic heterocycles. The van der Waals surface area contributed by atoms with Crippen LogP contribution in [-0.2, 0) is 0 Å². The average molecular weight is 520 g/mol. The number of rotatable bonds is 6. The average Bonchev–Trinajstić information content (AvgIpc) is 3.60. The topological polar surface area (TPSA) is 74.3 Å². The normalized spacial score (nSPS) is 12.1. The quantitative estimate of drug-likeness (QED) is 0.298. The van der Waals surface area contributed by atoms with Crippen molar-refractivity contribution in [2.45, 2.75) is 26.9 Å². The summed E-state index contributed by atoms with van der Waals surface area (Å²) in [7, 11) is 0. The number of para-hydroxylation sites is 1. The third-order valence-electron chi connectivity index (χ3n) is 6.01. The Morgan fingerprint density at radius 1 is 0.921 bits per heavy atom. The summed E-state index contributed by atoms with van der Waals surface area (Å²) in [5.41, 5.74) is 5.26. The van der Waals surface area contributed by atoms with E-state index in [0.717, 1.165) is 39.4 Å². The highest BCUT2D eigenvalue weighted by molar-refractivity contribution is 7.15. The molecule has 6 aromatic rings. The molecule has 3 heterocycles. The van der Waals surface area contributed by atoms with Gasteiger partial charge in [0.1, 0.15) is 11.4 Å². The monoisotopic (exact) mass is 519 g/mol. The van der Waals surface area contributed by atoms with Crippen molar-refractivity contribution in [3.63, 3.8) is 0 Å². The molecule has 0 aliphatic heterocycles. The lowest BCUT2D eigenvalue weighted by molar-refractivity contribution is 0.242. The minimum atomic E-state index is -0.199. The Hall–Kier alpha value is -4.56. The minimum Gasteiger partial charge on any atom is -0.491 e. The van der Waals surface area contributed by atoms with Crippen molar-refractivity contribution >= 4 is 22.4 Å². The number of ether oxygens (including phenoxy) is 1. The molecule has 0 amide bonds. The van der Waals surface area contributed by atoms with Gasteiger partial charge in [-0.05, 0) is 69.3 Å². The number of hydrogen-bond acceptors (Lipinski definition) is 6. The third kappa shape index (κ3) is 4.62. The van der Waals surface area contributed by atoms with E-state index in [4.69, 9.17) is 9.84 Å². The highest BCUT2D eigenvalue weighted by atomic mass is 32.1. The molecule has 8 heteroatoms. The first-order valence-electron chi connectivity index (χ1n) is 12.3. The van der Waals surface area contributed by atoms with Gasteiger partial charge in [0.05, 0.1) is 16.3 Å². The molecule has 0 radical (unpaired) electrons. The summed E-state index contributed by atoms with van der Waals surface area (Å²) in [5, 5.41) is 9.38. The molecule has 0 N–H and O–H groups in total. The van der Waals surface area contributed by atoms with Gasteiger partial charge in [0.15, 0.2) is 5.82 Å². The lowest BCUT2D eigenvalue weighted by Gasteiger charge is -2.09. The summed E-state index contributed by atoms with van der Waals surface area (Å²) >= 11 is 1.32. The van der Waals surface area contributed by atoms with E-state index in [1.54, 1.807) is 0 Å². The number of benzene rings is 3. The molecule has 0 saturated carbocycles. The lowest BCUT2D eigenvalue weighted by atomic mass is 10.1. The lowest BCUT2D eigenvalue weighted by Crippen LogP contribution is -2.23. The number of hydrogen-bond donors (Lipinski definition) is 0. The van der Waals surface area contributed by atoms with E-state index in [0.29, 0.717) is 15.3 Å². The molecule has 188 valence electrons. The molecule has 7 nitrogen and oxygen atoms in total. The zero-order chi connectivity index (χ0) is 26.2. The molecule has 0 bridgehead atoms. The van der Waals surface area contributed by atoms with E-state index in [1.165, 1.54) is 15.9 Å². The van der Waals surface area contributed by atoms with Crippen LogP contribution in [0.25, 0.3) is 39.4 Å². The number of thiazole rings is 1. The van der Waals surface area contributed by atoms with Gasteiger partial charge in [-0.25, -0.2) is 4.68 Å². The van der Waals surface area contributed by atoms with E-state index in [-0.39, 0.29) is 11.7 Å².